The second kappa shape index (κ2) is 3.33. The quantitative estimate of drug-likeness (QED) is 0.872. The maximum atomic E-state index is 6.31. The summed E-state index contributed by atoms with van der Waals surface area (Å²) in [6.45, 7) is 6.40. The lowest BCUT2D eigenvalue weighted by atomic mass is 9.79. The summed E-state index contributed by atoms with van der Waals surface area (Å²) in [5.74, 6) is 0. The second-order valence-electron chi connectivity index (χ2n) is 5.29. The summed E-state index contributed by atoms with van der Waals surface area (Å²) in [6, 6.07) is 6.54. The Balaban J connectivity index is 2.50. The van der Waals surface area contributed by atoms with E-state index in [1.165, 1.54) is 28.4 Å². The van der Waals surface area contributed by atoms with Crippen LogP contribution in [0, 0.1) is 6.92 Å². The van der Waals surface area contributed by atoms with Crippen LogP contribution in [0.2, 0.25) is 0 Å². The Morgan fingerprint density at radius 1 is 1.33 bits per heavy atom. The van der Waals surface area contributed by atoms with Crippen LogP contribution >= 0.6 is 15.9 Å². The molecule has 0 heterocycles. The number of halogens is 1. The van der Waals surface area contributed by atoms with Crippen LogP contribution in [0.4, 0.5) is 0 Å². The number of nitrogens with two attached hydrogens (primary N) is 1. The molecule has 2 rings (SSSR count). The molecule has 1 saturated carbocycles. The molecule has 0 spiro atoms. The fourth-order valence-electron chi connectivity index (χ4n) is 2.39. The van der Waals surface area contributed by atoms with Gasteiger partial charge in [0.25, 0.3) is 0 Å². The van der Waals surface area contributed by atoms with Crippen molar-refractivity contribution in [2.45, 2.75) is 44.6 Å². The molecule has 0 bridgehead atoms. The minimum Gasteiger partial charge on any atom is -0.325 e. The second-order valence-corrected chi connectivity index (χ2v) is 6.14. The van der Waals surface area contributed by atoms with Gasteiger partial charge in [-0.25, -0.2) is 0 Å². The first-order valence-electron chi connectivity index (χ1n) is 5.42. The van der Waals surface area contributed by atoms with Gasteiger partial charge in [0.15, 0.2) is 0 Å². The molecule has 1 nitrogen and oxygen atoms in total. The van der Waals surface area contributed by atoms with Crippen molar-refractivity contribution >= 4 is 15.9 Å². The Labute approximate surface area is 100 Å². The molecule has 1 aromatic carbocycles. The predicted octanol–water partition coefficient (Wildman–Crippen LogP) is 3.53. The van der Waals surface area contributed by atoms with Gasteiger partial charge in [0.1, 0.15) is 0 Å². The van der Waals surface area contributed by atoms with Crippen LogP contribution in [-0.2, 0) is 5.41 Å². The molecule has 1 aliphatic carbocycles. The average molecular weight is 268 g/mol. The molecule has 0 aliphatic heterocycles. The Hall–Kier alpha value is -0.340. The van der Waals surface area contributed by atoms with E-state index in [-0.39, 0.29) is 11.0 Å². The summed E-state index contributed by atoms with van der Waals surface area (Å²) in [7, 11) is 0. The van der Waals surface area contributed by atoms with Crippen molar-refractivity contribution in [3.8, 4) is 0 Å². The minimum atomic E-state index is -0.136. The van der Waals surface area contributed by atoms with Gasteiger partial charge in [0, 0.05) is 15.4 Å². The van der Waals surface area contributed by atoms with E-state index in [9.17, 15) is 0 Å². The summed E-state index contributed by atoms with van der Waals surface area (Å²) < 4.78 is 1.20. The van der Waals surface area contributed by atoms with E-state index in [1.54, 1.807) is 0 Å². The third-order valence-electron chi connectivity index (χ3n) is 3.62. The van der Waals surface area contributed by atoms with Crippen LogP contribution in [0.15, 0.2) is 22.7 Å². The summed E-state index contributed by atoms with van der Waals surface area (Å²) >= 11 is 3.64. The lowest BCUT2D eigenvalue weighted by Crippen LogP contribution is -2.45. The third kappa shape index (κ3) is 1.74. The molecule has 82 valence electrons. The molecule has 15 heavy (non-hydrogen) atoms. The van der Waals surface area contributed by atoms with Gasteiger partial charge in [-0.3, -0.25) is 0 Å². The molecular formula is C13H18BrN. The van der Waals surface area contributed by atoms with Crippen molar-refractivity contribution in [1.29, 1.82) is 0 Å². The van der Waals surface area contributed by atoms with E-state index < -0.39 is 0 Å². The first-order valence-corrected chi connectivity index (χ1v) is 6.22. The maximum Gasteiger partial charge on any atom is 0.0213 e. The fraction of sp³-hybridized carbons (Fsp3) is 0.538. The molecular weight excluding hydrogens is 250 g/mol. The largest absolute Gasteiger partial charge is 0.325 e. The summed E-state index contributed by atoms with van der Waals surface area (Å²) in [6.07, 6.45) is 2.41. The Morgan fingerprint density at radius 2 is 1.93 bits per heavy atom. The first kappa shape index (κ1) is 11.2. The smallest absolute Gasteiger partial charge is 0.0213 e. The van der Waals surface area contributed by atoms with Crippen LogP contribution in [-0.4, -0.2) is 5.54 Å². The summed E-state index contributed by atoms with van der Waals surface area (Å²) in [5, 5.41) is 0. The van der Waals surface area contributed by atoms with E-state index in [0.717, 1.165) is 0 Å². The number of aryl methyl sites for hydroxylation is 1. The van der Waals surface area contributed by atoms with E-state index >= 15 is 0 Å². The van der Waals surface area contributed by atoms with Crippen molar-refractivity contribution in [2.24, 2.45) is 5.73 Å². The fourth-order valence-corrected chi connectivity index (χ4v) is 3.02. The molecule has 1 aliphatic rings. The van der Waals surface area contributed by atoms with Gasteiger partial charge in [0.05, 0.1) is 0 Å². The van der Waals surface area contributed by atoms with Crippen molar-refractivity contribution in [1.82, 2.24) is 0 Å². The zero-order chi connectivity index (χ0) is 11.3. The number of hydrogen-bond donors (Lipinski definition) is 1. The van der Waals surface area contributed by atoms with Crippen molar-refractivity contribution < 1.29 is 0 Å². The molecule has 1 aromatic rings. The SMILES string of the molecule is Cc1ccc(Br)c(C2(C(C)(C)N)CC2)c1. The molecule has 0 amide bonds. The van der Waals surface area contributed by atoms with E-state index in [2.05, 4.69) is 54.9 Å². The van der Waals surface area contributed by atoms with Gasteiger partial charge in [-0.15, -0.1) is 0 Å². The first-order chi connectivity index (χ1) is 6.87. The van der Waals surface area contributed by atoms with Crippen molar-refractivity contribution in [3.05, 3.63) is 33.8 Å². The topological polar surface area (TPSA) is 26.0 Å². The highest BCUT2D eigenvalue weighted by atomic mass is 79.9. The molecule has 0 aromatic heterocycles. The average Bonchev–Trinajstić information content (AvgIpc) is 2.88. The van der Waals surface area contributed by atoms with Gasteiger partial charge in [-0.1, -0.05) is 33.6 Å². The van der Waals surface area contributed by atoms with Gasteiger partial charge < -0.3 is 5.73 Å². The zero-order valence-corrected chi connectivity index (χ0v) is 11.2. The van der Waals surface area contributed by atoms with Crippen LogP contribution < -0.4 is 5.73 Å². The van der Waals surface area contributed by atoms with Crippen LogP contribution in [0.3, 0.4) is 0 Å². The minimum absolute atomic E-state index is 0.136. The summed E-state index contributed by atoms with van der Waals surface area (Å²) in [4.78, 5) is 0. The predicted molar refractivity (Wildman–Crippen MR) is 68.1 cm³/mol. The highest BCUT2D eigenvalue weighted by Crippen LogP contribution is 2.56. The van der Waals surface area contributed by atoms with E-state index in [1.807, 2.05) is 0 Å². The number of benzene rings is 1. The maximum absolute atomic E-state index is 6.31. The lowest BCUT2D eigenvalue weighted by molar-refractivity contribution is 0.390. The zero-order valence-electron chi connectivity index (χ0n) is 9.60. The number of rotatable bonds is 2. The molecule has 1 fully saturated rings. The van der Waals surface area contributed by atoms with E-state index in [0.29, 0.717) is 0 Å². The highest BCUT2D eigenvalue weighted by molar-refractivity contribution is 9.10. The molecule has 2 N–H and O–H groups in total. The molecule has 0 atom stereocenters. The van der Waals surface area contributed by atoms with Crippen LogP contribution in [0.25, 0.3) is 0 Å². The third-order valence-corrected chi connectivity index (χ3v) is 4.31. The Kier molecular flexibility index (Phi) is 2.47. The molecule has 0 radical (unpaired) electrons. The Morgan fingerprint density at radius 3 is 2.40 bits per heavy atom. The normalized spacial score (nSPS) is 19.0. The number of hydrogen-bond acceptors (Lipinski definition) is 1. The lowest BCUT2D eigenvalue weighted by Gasteiger charge is -2.32. The van der Waals surface area contributed by atoms with Gasteiger partial charge in [0.2, 0.25) is 0 Å². The Bertz CT molecular complexity index is 386. The summed E-state index contributed by atoms with van der Waals surface area (Å²) in [5.41, 5.74) is 9.06. The highest BCUT2D eigenvalue weighted by Gasteiger charge is 2.54. The van der Waals surface area contributed by atoms with Crippen LogP contribution in [0.5, 0.6) is 0 Å². The van der Waals surface area contributed by atoms with E-state index in [4.69, 9.17) is 5.73 Å². The molecule has 0 unspecified atom stereocenters. The monoisotopic (exact) mass is 267 g/mol. The standard InChI is InChI=1S/C13H18BrN/c1-9-4-5-11(14)10(8-9)13(6-7-13)12(2,3)15/h4-5,8H,6-7,15H2,1-3H3. The van der Waals surface area contributed by atoms with Crippen molar-refractivity contribution in [2.75, 3.05) is 0 Å². The molecule has 0 saturated heterocycles. The van der Waals surface area contributed by atoms with Crippen molar-refractivity contribution in [3.63, 3.8) is 0 Å². The van der Waals surface area contributed by atoms with Gasteiger partial charge in [-0.2, -0.15) is 0 Å². The van der Waals surface area contributed by atoms with Gasteiger partial charge in [-0.05, 0) is 45.2 Å². The van der Waals surface area contributed by atoms with Crippen LogP contribution in [0.1, 0.15) is 37.8 Å². The molecule has 2 heteroatoms. The van der Waals surface area contributed by atoms with Gasteiger partial charge >= 0.3 is 0 Å².